The third-order valence-electron chi connectivity index (χ3n) is 2.18. The average Bonchev–Trinajstić information content (AvgIpc) is 2.93. The van der Waals surface area contributed by atoms with Crippen molar-refractivity contribution in [2.75, 3.05) is 32.8 Å². The predicted octanol–water partition coefficient (Wildman–Crippen LogP) is 0.537. The monoisotopic (exact) mass is 221 g/mol. The number of hydrogen-bond acceptors (Lipinski definition) is 3. The number of carbonyl (C=O) groups is 1. The summed E-state index contributed by atoms with van der Waals surface area (Å²) in [5.74, 6) is 0.385. The van der Waals surface area contributed by atoms with Gasteiger partial charge < -0.3 is 14.8 Å². The Labute approximate surface area is 88.9 Å². The Balaban J connectivity index is 2.04. The fourth-order valence-electron chi connectivity index (χ4n) is 1.08. The Morgan fingerprint density at radius 1 is 1.50 bits per heavy atom. The summed E-state index contributed by atoms with van der Waals surface area (Å²) < 4.78 is 9.85. The second kappa shape index (κ2) is 5.53. The largest absolute Gasteiger partial charge is 0.382 e. The minimum absolute atomic E-state index is 0.0853. The van der Waals surface area contributed by atoms with E-state index >= 15 is 0 Å². The molecule has 0 spiro atoms. The number of amides is 1. The highest BCUT2D eigenvalue weighted by atomic mass is 35.5. The van der Waals surface area contributed by atoms with E-state index in [2.05, 4.69) is 5.32 Å². The highest BCUT2D eigenvalue weighted by molar-refractivity contribution is 6.19. The van der Waals surface area contributed by atoms with Gasteiger partial charge in [-0.3, -0.25) is 4.79 Å². The van der Waals surface area contributed by atoms with Gasteiger partial charge in [0.2, 0.25) is 5.91 Å². The van der Waals surface area contributed by atoms with E-state index in [1.807, 2.05) is 0 Å². The van der Waals surface area contributed by atoms with Crippen LogP contribution in [0.1, 0.15) is 12.8 Å². The average molecular weight is 222 g/mol. The van der Waals surface area contributed by atoms with Crippen LogP contribution in [0.2, 0.25) is 0 Å². The zero-order valence-electron chi connectivity index (χ0n) is 8.35. The van der Waals surface area contributed by atoms with E-state index in [0.29, 0.717) is 19.1 Å². The Hall–Kier alpha value is -0.320. The molecule has 1 aliphatic rings. The first-order valence-corrected chi connectivity index (χ1v) is 5.19. The predicted molar refractivity (Wildman–Crippen MR) is 53.5 cm³/mol. The fraction of sp³-hybridized carbons (Fsp3) is 0.889. The molecule has 0 heterocycles. The van der Waals surface area contributed by atoms with E-state index in [0.717, 1.165) is 12.8 Å². The Bertz CT molecular complexity index is 194. The third kappa shape index (κ3) is 3.82. The standard InChI is InChI=1S/C9H16ClNO3/c1-13-4-5-14-6-8(12)11-9(7-10)2-3-9/h2-7H2,1H3,(H,11,12). The third-order valence-corrected chi connectivity index (χ3v) is 2.69. The highest BCUT2D eigenvalue weighted by Gasteiger charge is 2.42. The number of halogens is 1. The number of nitrogens with one attached hydrogen (secondary N) is 1. The molecule has 1 amide bonds. The van der Waals surface area contributed by atoms with Crippen molar-refractivity contribution in [3.63, 3.8) is 0 Å². The van der Waals surface area contributed by atoms with E-state index in [1.54, 1.807) is 7.11 Å². The zero-order valence-corrected chi connectivity index (χ0v) is 9.10. The molecule has 4 nitrogen and oxygen atoms in total. The van der Waals surface area contributed by atoms with Gasteiger partial charge in [0, 0.05) is 13.0 Å². The highest BCUT2D eigenvalue weighted by Crippen LogP contribution is 2.36. The van der Waals surface area contributed by atoms with Crippen LogP contribution in [0.4, 0.5) is 0 Å². The van der Waals surface area contributed by atoms with Gasteiger partial charge in [-0.25, -0.2) is 0 Å². The summed E-state index contributed by atoms with van der Waals surface area (Å²) in [7, 11) is 1.59. The second-order valence-corrected chi connectivity index (χ2v) is 3.77. The fourth-order valence-corrected chi connectivity index (χ4v) is 1.42. The molecule has 0 bridgehead atoms. The molecule has 1 fully saturated rings. The molecule has 0 aliphatic heterocycles. The van der Waals surface area contributed by atoms with Gasteiger partial charge in [0.25, 0.3) is 0 Å². The van der Waals surface area contributed by atoms with Crippen LogP contribution in [0.25, 0.3) is 0 Å². The second-order valence-electron chi connectivity index (χ2n) is 3.51. The summed E-state index contributed by atoms with van der Waals surface area (Å²) in [5, 5.41) is 2.86. The molecular weight excluding hydrogens is 206 g/mol. The van der Waals surface area contributed by atoms with Crippen molar-refractivity contribution in [1.29, 1.82) is 0 Å². The molecule has 82 valence electrons. The minimum atomic E-state index is -0.136. The molecule has 0 aromatic carbocycles. The molecule has 0 aromatic heterocycles. The molecule has 0 unspecified atom stereocenters. The SMILES string of the molecule is COCCOCC(=O)NC1(CCl)CC1. The Morgan fingerprint density at radius 3 is 2.71 bits per heavy atom. The normalized spacial score (nSPS) is 17.9. The van der Waals surface area contributed by atoms with Crippen LogP contribution < -0.4 is 5.32 Å². The lowest BCUT2D eigenvalue weighted by Gasteiger charge is -2.13. The van der Waals surface area contributed by atoms with Gasteiger partial charge in [-0.15, -0.1) is 11.6 Å². The first-order valence-electron chi connectivity index (χ1n) is 4.66. The van der Waals surface area contributed by atoms with Crippen molar-refractivity contribution in [2.45, 2.75) is 18.4 Å². The number of methoxy groups -OCH3 is 1. The summed E-state index contributed by atoms with van der Waals surface area (Å²) >= 11 is 5.71. The maximum Gasteiger partial charge on any atom is 0.246 e. The van der Waals surface area contributed by atoms with E-state index in [4.69, 9.17) is 21.1 Å². The number of ether oxygens (including phenoxy) is 2. The molecule has 1 aliphatic carbocycles. The van der Waals surface area contributed by atoms with Crippen molar-refractivity contribution >= 4 is 17.5 Å². The van der Waals surface area contributed by atoms with Gasteiger partial charge in [-0.2, -0.15) is 0 Å². The maximum atomic E-state index is 11.3. The molecule has 0 radical (unpaired) electrons. The lowest BCUT2D eigenvalue weighted by atomic mass is 10.3. The quantitative estimate of drug-likeness (QED) is 0.504. The molecule has 1 saturated carbocycles. The summed E-state index contributed by atoms with van der Waals surface area (Å²) in [6.07, 6.45) is 1.95. The van der Waals surface area contributed by atoms with Crippen LogP contribution in [0.3, 0.4) is 0 Å². The lowest BCUT2D eigenvalue weighted by molar-refractivity contribution is -0.126. The van der Waals surface area contributed by atoms with E-state index in [1.165, 1.54) is 0 Å². The Morgan fingerprint density at radius 2 is 2.21 bits per heavy atom. The maximum absolute atomic E-state index is 11.3. The molecule has 0 atom stereocenters. The van der Waals surface area contributed by atoms with Crippen LogP contribution in [0.15, 0.2) is 0 Å². The van der Waals surface area contributed by atoms with Gasteiger partial charge >= 0.3 is 0 Å². The van der Waals surface area contributed by atoms with Crippen molar-refractivity contribution in [2.24, 2.45) is 0 Å². The summed E-state index contributed by atoms with van der Waals surface area (Å²) in [6, 6.07) is 0. The number of carbonyl (C=O) groups excluding carboxylic acids is 1. The number of alkyl halides is 1. The summed E-state index contributed by atoms with van der Waals surface area (Å²) in [5.41, 5.74) is -0.136. The van der Waals surface area contributed by atoms with Crippen LogP contribution >= 0.6 is 11.6 Å². The van der Waals surface area contributed by atoms with Crippen LogP contribution in [0.5, 0.6) is 0 Å². The molecule has 5 heteroatoms. The van der Waals surface area contributed by atoms with E-state index in [-0.39, 0.29) is 18.1 Å². The molecule has 14 heavy (non-hydrogen) atoms. The van der Waals surface area contributed by atoms with Crippen molar-refractivity contribution in [3.05, 3.63) is 0 Å². The minimum Gasteiger partial charge on any atom is -0.382 e. The van der Waals surface area contributed by atoms with Gasteiger partial charge in [-0.1, -0.05) is 0 Å². The molecule has 1 rings (SSSR count). The summed E-state index contributed by atoms with van der Waals surface area (Å²) in [6.45, 7) is 1.04. The van der Waals surface area contributed by atoms with Crippen molar-refractivity contribution < 1.29 is 14.3 Å². The molecule has 1 N–H and O–H groups in total. The Kier molecular flexibility index (Phi) is 4.65. The molecule has 0 saturated heterocycles. The van der Waals surface area contributed by atoms with Gasteiger partial charge in [-0.05, 0) is 12.8 Å². The first kappa shape index (κ1) is 11.8. The van der Waals surface area contributed by atoms with Gasteiger partial charge in [0.15, 0.2) is 0 Å². The number of hydrogen-bond donors (Lipinski definition) is 1. The van der Waals surface area contributed by atoms with Crippen LogP contribution in [0, 0.1) is 0 Å². The van der Waals surface area contributed by atoms with Crippen LogP contribution in [-0.4, -0.2) is 44.3 Å². The number of rotatable bonds is 7. The van der Waals surface area contributed by atoms with Crippen molar-refractivity contribution in [3.8, 4) is 0 Å². The molecular formula is C9H16ClNO3. The zero-order chi connectivity index (χ0) is 10.4. The van der Waals surface area contributed by atoms with Gasteiger partial charge in [0.1, 0.15) is 6.61 Å². The lowest BCUT2D eigenvalue weighted by Crippen LogP contribution is -2.40. The summed E-state index contributed by atoms with van der Waals surface area (Å²) in [4.78, 5) is 11.3. The first-order chi connectivity index (χ1) is 6.72. The smallest absolute Gasteiger partial charge is 0.246 e. The van der Waals surface area contributed by atoms with Crippen molar-refractivity contribution in [1.82, 2.24) is 5.32 Å². The molecule has 0 aromatic rings. The van der Waals surface area contributed by atoms with Gasteiger partial charge in [0.05, 0.1) is 18.8 Å². The topological polar surface area (TPSA) is 47.6 Å². The van der Waals surface area contributed by atoms with Crippen LogP contribution in [-0.2, 0) is 14.3 Å². The van der Waals surface area contributed by atoms with E-state index in [9.17, 15) is 4.79 Å². The van der Waals surface area contributed by atoms with E-state index < -0.39 is 0 Å².